The zero-order valence-corrected chi connectivity index (χ0v) is 17.1. The molecule has 136 valence electrons. The largest absolute Gasteiger partial charge is 0.334 e. The van der Waals surface area contributed by atoms with Gasteiger partial charge in [0.1, 0.15) is 0 Å². The Labute approximate surface area is 165 Å². The van der Waals surface area contributed by atoms with Crippen LogP contribution in [-0.2, 0) is 23.1 Å². The first kappa shape index (κ1) is 19.1. The molecule has 3 aromatic rings. The maximum atomic E-state index is 13.2. The standard InChI is InChI=1S/C20H20ClNO2S2/c1-3-22(12-14-7-6-8-15(21)11-14)20(23)19-17(13-26(2)24)16-9-4-5-10-18(16)25-19/h4-11H,3,12-13H2,1-2H3/t26-/m0/s1. The maximum absolute atomic E-state index is 13.2. The summed E-state index contributed by atoms with van der Waals surface area (Å²) < 4.78 is 12.9. The number of fused-ring (bicyclic) bond motifs is 1. The van der Waals surface area contributed by atoms with Gasteiger partial charge in [-0.3, -0.25) is 9.00 Å². The van der Waals surface area contributed by atoms with Crippen molar-refractivity contribution in [2.75, 3.05) is 12.8 Å². The van der Waals surface area contributed by atoms with Crippen LogP contribution in [-0.4, -0.2) is 27.8 Å². The Bertz CT molecular complexity index is 967. The molecule has 26 heavy (non-hydrogen) atoms. The van der Waals surface area contributed by atoms with Crippen molar-refractivity contribution in [3.05, 3.63) is 69.6 Å². The predicted octanol–water partition coefficient (Wildman–Crippen LogP) is 5.10. The number of thiophene rings is 1. The molecule has 0 saturated heterocycles. The summed E-state index contributed by atoms with van der Waals surface area (Å²) in [6.45, 7) is 3.06. The smallest absolute Gasteiger partial charge is 0.264 e. The normalized spacial score (nSPS) is 12.3. The van der Waals surface area contributed by atoms with E-state index in [2.05, 4.69) is 0 Å². The van der Waals surface area contributed by atoms with Gasteiger partial charge in [-0.25, -0.2) is 0 Å². The van der Waals surface area contributed by atoms with Crippen LogP contribution in [0.4, 0.5) is 0 Å². The molecule has 0 bridgehead atoms. The third kappa shape index (κ3) is 4.17. The third-order valence-electron chi connectivity index (χ3n) is 4.17. The van der Waals surface area contributed by atoms with E-state index in [9.17, 15) is 9.00 Å². The molecule has 0 aliphatic rings. The lowest BCUT2D eigenvalue weighted by molar-refractivity contribution is 0.0757. The molecule has 0 spiro atoms. The monoisotopic (exact) mass is 405 g/mol. The van der Waals surface area contributed by atoms with Crippen LogP contribution in [0.25, 0.3) is 10.1 Å². The average molecular weight is 406 g/mol. The summed E-state index contributed by atoms with van der Waals surface area (Å²) in [5.41, 5.74) is 1.88. The van der Waals surface area contributed by atoms with E-state index < -0.39 is 10.8 Å². The Hall–Kier alpha value is -1.69. The number of amides is 1. The van der Waals surface area contributed by atoms with Crippen LogP contribution in [0.5, 0.6) is 0 Å². The summed E-state index contributed by atoms with van der Waals surface area (Å²) in [5, 5.41) is 1.68. The van der Waals surface area contributed by atoms with Crippen molar-refractivity contribution in [1.82, 2.24) is 4.90 Å². The first-order chi connectivity index (χ1) is 12.5. The van der Waals surface area contributed by atoms with Gasteiger partial charge in [-0.15, -0.1) is 11.3 Å². The molecule has 1 atom stereocenters. The van der Waals surface area contributed by atoms with Gasteiger partial charge in [-0.05, 0) is 41.6 Å². The second kappa shape index (κ2) is 8.33. The molecule has 1 amide bonds. The maximum Gasteiger partial charge on any atom is 0.264 e. The molecule has 0 fully saturated rings. The highest BCUT2D eigenvalue weighted by molar-refractivity contribution is 7.83. The van der Waals surface area contributed by atoms with Gasteiger partial charge < -0.3 is 4.90 Å². The highest BCUT2D eigenvalue weighted by Gasteiger charge is 2.23. The quantitative estimate of drug-likeness (QED) is 0.572. The van der Waals surface area contributed by atoms with Gasteiger partial charge in [0.15, 0.2) is 0 Å². The van der Waals surface area contributed by atoms with Gasteiger partial charge in [0.25, 0.3) is 5.91 Å². The van der Waals surface area contributed by atoms with Crippen LogP contribution in [0.1, 0.15) is 27.7 Å². The molecule has 0 N–H and O–H groups in total. The van der Waals surface area contributed by atoms with Gasteiger partial charge in [0.2, 0.25) is 0 Å². The number of halogens is 1. The fourth-order valence-electron chi connectivity index (χ4n) is 2.94. The Morgan fingerprint density at radius 3 is 2.65 bits per heavy atom. The highest BCUT2D eigenvalue weighted by atomic mass is 35.5. The Balaban J connectivity index is 1.98. The summed E-state index contributed by atoms with van der Waals surface area (Å²) in [6, 6.07) is 15.5. The summed E-state index contributed by atoms with van der Waals surface area (Å²) in [5.74, 6) is 0.369. The number of carbonyl (C=O) groups excluding carboxylic acids is 1. The lowest BCUT2D eigenvalue weighted by Crippen LogP contribution is -2.30. The molecule has 0 unspecified atom stereocenters. The molecule has 0 aliphatic heterocycles. The summed E-state index contributed by atoms with van der Waals surface area (Å²) in [7, 11) is -1.02. The Morgan fingerprint density at radius 1 is 1.19 bits per heavy atom. The fourth-order valence-corrected chi connectivity index (χ4v) is 5.14. The van der Waals surface area contributed by atoms with Crippen molar-refractivity contribution >= 4 is 49.7 Å². The van der Waals surface area contributed by atoms with E-state index in [0.29, 0.717) is 28.7 Å². The Morgan fingerprint density at radius 2 is 1.96 bits per heavy atom. The predicted molar refractivity (Wildman–Crippen MR) is 111 cm³/mol. The van der Waals surface area contributed by atoms with E-state index in [1.807, 2.05) is 55.5 Å². The van der Waals surface area contributed by atoms with Crippen molar-refractivity contribution in [2.45, 2.75) is 19.2 Å². The van der Waals surface area contributed by atoms with Gasteiger partial charge in [-0.1, -0.05) is 41.9 Å². The first-order valence-corrected chi connectivity index (χ1v) is 11.3. The number of rotatable bonds is 6. The van der Waals surface area contributed by atoms with E-state index >= 15 is 0 Å². The third-order valence-corrected chi connectivity index (χ3v) is 6.30. The minimum absolute atomic E-state index is 0.0193. The van der Waals surface area contributed by atoms with Gasteiger partial charge in [0, 0.05) is 39.9 Å². The summed E-state index contributed by atoms with van der Waals surface area (Å²) >= 11 is 7.55. The van der Waals surface area contributed by atoms with Crippen LogP contribution in [0, 0.1) is 0 Å². The van der Waals surface area contributed by atoms with Crippen molar-refractivity contribution in [3.63, 3.8) is 0 Å². The molecule has 3 rings (SSSR count). The fraction of sp³-hybridized carbons (Fsp3) is 0.250. The molecule has 3 nitrogen and oxygen atoms in total. The number of nitrogens with zero attached hydrogens (tertiary/aromatic N) is 1. The topological polar surface area (TPSA) is 37.4 Å². The molecular weight excluding hydrogens is 386 g/mol. The molecule has 1 aromatic heterocycles. The van der Waals surface area contributed by atoms with Crippen molar-refractivity contribution in [3.8, 4) is 0 Å². The van der Waals surface area contributed by atoms with Crippen LogP contribution in [0.2, 0.25) is 5.02 Å². The Kier molecular flexibility index (Phi) is 6.12. The van der Waals surface area contributed by atoms with E-state index in [1.165, 1.54) is 11.3 Å². The molecule has 6 heteroatoms. The van der Waals surface area contributed by atoms with E-state index in [4.69, 9.17) is 11.6 Å². The van der Waals surface area contributed by atoms with Crippen molar-refractivity contribution < 1.29 is 9.00 Å². The minimum atomic E-state index is -1.02. The van der Waals surface area contributed by atoms with E-state index in [-0.39, 0.29) is 5.91 Å². The van der Waals surface area contributed by atoms with Crippen LogP contribution < -0.4 is 0 Å². The molecular formula is C20H20ClNO2S2. The molecule has 0 saturated carbocycles. The second-order valence-electron chi connectivity index (χ2n) is 6.07. The number of hydrogen-bond acceptors (Lipinski definition) is 3. The van der Waals surface area contributed by atoms with Crippen LogP contribution in [0.3, 0.4) is 0 Å². The lowest BCUT2D eigenvalue weighted by atomic mass is 10.1. The average Bonchev–Trinajstić information content (AvgIpc) is 2.97. The van der Waals surface area contributed by atoms with Crippen molar-refractivity contribution in [1.29, 1.82) is 0 Å². The first-order valence-electron chi connectivity index (χ1n) is 8.33. The van der Waals surface area contributed by atoms with Crippen LogP contribution >= 0.6 is 22.9 Å². The molecule has 0 radical (unpaired) electrons. The molecule has 0 aliphatic carbocycles. The highest BCUT2D eigenvalue weighted by Crippen LogP contribution is 2.33. The van der Waals surface area contributed by atoms with Crippen LogP contribution in [0.15, 0.2) is 48.5 Å². The van der Waals surface area contributed by atoms with Crippen molar-refractivity contribution in [2.24, 2.45) is 0 Å². The molecule has 1 heterocycles. The zero-order valence-electron chi connectivity index (χ0n) is 14.7. The van der Waals surface area contributed by atoms with Gasteiger partial charge >= 0.3 is 0 Å². The second-order valence-corrected chi connectivity index (χ2v) is 9.00. The molecule has 2 aromatic carbocycles. The SMILES string of the molecule is CCN(Cc1cccc(Cl)c1)C(=O)c1sc2ccccc2c1C[S@](C)=O. The summed E-state index contributed by atoms with van der Waals surface area (Å²) in [4.78, 5) is 15.7. The number of hydrogen-bond donors (Lipinski definition) is 0. The summed E-state index contributed by atoms with van der Waals surface area (Å²) in [6.07, 6.45) is 1.67. The van der Waals surface area contributed by atoms with E-state index in [0.717, 1.165) is 21.2 Å². The van der Waals surface area contributed by atoms with Gasteiger partial charge in [-0.2, -0.15) is 0 Å². The number of carbonyl (C=O) groups is 1. The number of benzene rings is 2. The van der Waals surface area contributed by atoms with Gasteiger partial charge in [0.05, 0.1) is 10.6 Å². The van der Waals surface area contributed by atoms with E-state index in [1.54, 1.807) is 11.2 Å². The minimum Gasteiger partial charge on any atom is -0.334 e. The zero-order chi connectivity index (χ0) is 18.7. The lowest BCUT2D eigenvalue weighted by Gasteiger charge is -2.21.